The van der Waals surface area contributed by atoms with Crippen LogP contribution in [0.25, 0.3) is 10.2 Å². The lowest BCUT2D eigenvalue weighted by atomic mass is 10.1. The van der Waals surface area contributed by atoms with Crippen LogP contribution in [0.4, 0.5) is 4.39 Å². The molecule has 1 aliphatic rings. The number of halogens is 1. The van der Waals surface area contributed by atoms with E-state index >= 15 is 0 Å². The van der Waals surface area contributed by atoms with Crippen LogP contribution in [0.3, 0.4) is 0 Å². The van der Waals surface area contributed by atoms with E-state index in [1.54, 1.807) is 34.4 Å². The Bertz CT molecular complexity index is 914. The molecule has 0 atom stereocenters. The standard InChI is InChI=1S/C17H16FN3OS/c18-12-3-1-11(2-4-12)6-8-21-10-20-16-15(17(21)22)13-5-7-19-9-14(13)23-16/h1-4,10,19H,5-9H2. The Morgan fingerprint density at radius 2 is 2.13 bits per heavy atom. The predicted molar refractivity (Wildman–Crippen MR) is 89.4 cm³/mol. The lowest BCUT2D eigenvalue weighted by Gasteiger charge is -2.12. The topological polar surface area (TPSA) is 46.9 Å². The Labute approximate surface area is 136 Å². The molecule has 6 heteroatoms. The molecule has 0 fully saturated rings. The van der Waals surface area contributed by atoms with Crippen molar-refractivity contribution in [3.8, 4) is 0 Å². The molecule has 0 spiro atoms. The third kappa shape index (κ3) is 2.68. The smallest absolute Gasteiger partial charge is 0.262 e. The van der Waals surface area contributed by atoms with Gasteiger partial charge in [0.25, 0.3) is 5.56 Å². The fourth-order valence-electron chi connectivity index (χ4n) is 3.01. The van der Waals surface area contributed by atoms with Crippen LogP contribution in [0.2, 0.25) is 0 Å². The summed E-state index contributed by atoms with van der Waals surface area (Å²) in [6.07, 6.45) is 3.19. The van der Waals surface area contributed by atoms with Gasteiger partial charge in [-0.2, -0.15) is 0 Å². The molecular formula is C17H16FN3OS. The van der Waals surface area contributed by atoms with Crippen LogP contribution in [0.1, 0.15) is 16.0 Å². The van der Waals surface area contributed by atoms with Gasteiger partial charge in [0, 0.05) is 18.0 Å². The molecule has 1 aliphatic heterocycles. The molecule has 4 rings (SSSR count). The number of rotatable bonds is 3. The molecule has 118 valence electrons. The maximum Gasteiger partial charge on any atom is 0.262 e. The minimum Gasteiger partial charge on any atom is -0.312 e. The second-order valence-corrected chi connectivity index (χ2v) is 6.81. The summed E-state index contributed by atoms with van der Waals surface area (Å²) in [6.45, 7) is 2.28. The summed E-state index contributed by atoms with van der Waals surface area (Å²) in [4.78, 5) is 19.3. The highest BCUT2D eigenvalue weighted by atomic mass is 32.1. The van der Waals surface area contributed by atoms with Crippen LogP contribution in [-0.2, 0) is 25.9 Å². The average molecular weight is 329 g/mol. The van der Waals surface area contributed by atoms with Gasteiger partial charge in [-0.3, -0.25) is 9.36 Å². The number of nitrogens with one attached hydrogen (secondary N) is 1. The molecule has 0 bridgehead atoms. The van der Waals surface area contributed by atoms with Crippen LogP contribution in [0.15, 0.2) is 35.4 Å². The largest absolute Gasteiger partial charge is 0.312 e. The number of hydrogen-bond donors (Lipinski definition) is 1. The first-order chi connectivity index (χ1) is 11.2. The molecular weight excluding hydrogens is 313 g/mol. The highest BCUT2D eigenvalue weighted by molar-refractivity contribution is 7.18. The lowest BCUT2D eigenvalue weighted by molar-refractivity contribution is 0.624. The van der Waals surface area contributed by atoms with Gasteiger partial charge in [0.15, 0.2) is 0 Å². The molecule has 1 aromatic carbocycles. The zero-order chi connectivity index (χ0) is 15.8. The van der Waals surface area contributed by atoms with Crippen LogP contribution in [-0.4, -0.2) is 16.1 Å². The minimum atomic E-state index is -0.243. The Morgan fingerprint density at radius 3 is 2.96 bits per heavy atom. The molecule has 0 unspecified atom stereocenters. The Balaban J connectivity index is 1.66. The number of benzene rings is 1. The van der Waals surface area contributed by atoms with Gasteiger partial charge in [0.05, 0.1) is 11.7 Å². The quantitative estimate of drug-likeness (QED) is 0.803. The Hall–Kier alpha value is -2.05. The first-order valence-electron chi connectivity index (χ1n) is 7.67. The van der Waals surface area contributed by atoms with E-state index < -0.39 is 0 Å². The highest BCUT2D eigenvalue weighted by Crippen LogP contribution is 2.29. The van der Waals surface area contributed by atoms with Crippen molar-refractivity contribution in [2.45, 2.75) is 25.9 Å². The second-order valence-electron chi connectivity index (χ2n) is 5.73. The molecule has 3 heterocycles. The molecule has 0 saturated carbocycles. The normalized spacial score (nSPS) is 14.1. The van der Waals surface area contributed by atoms with E-state index in [2.05, 4.69) is 10.3 Å². The summed E-state index contributed by atoms with van der Waals surface area (Å²) >= 11 is 1.61. The van der Waals surface area contributed by atoms with Crippen molar-refractivity contribution < 1.29 is 4.39 Å². The fraction of sp³-hybridized carbons (Fsp3) is 0.294. The summed E-state index contributed by atoms with van der Waals surface area (Å²) in [7, 11) is 0. The zero-order valence-electron chi connectivity index (χ0n) is 12.5. The van der Waals surface area contributed by atoms with Crippen molar-refractivity contribution in [3.63, 3.8) is 0 Å². The average Bonchev–Trinajstić information content (AvgIpc) is 2.95. The van der Waals surface area contributed by atoms with Gasteiger partial charge in [-0.05, 0) is 42.6 Å². The van der Waals surface area contributed by atoms with Crippen molar-refractivity contribution in [2.24, 2.45) is 0 Å². The minimum absolute atomic E-state index is 0.0384. The van der Waals surface area contributed by atoms with Gasteiger partial charge in [0.1, 0.15) is 10.6 Å². The van der Waals surface area contributed by atoms with Gasteiger partial charge in [-0.15, -0.1) is 11.3 Å². The molecule has 4 nitrogen and oxygen atoms in total. The predicted octanol–water partition coefficient (Wildman–Crippen LogP) is 2.49. The van der Waals surface area contributed by atoms with Gasteiger partial charge in [-0.1, -0.05) is 12.1 Å². The van der Waals surface area contributed by atoms with Crippen LogP contribution in [0, 0.1) is 5.82 Å². The summed E-state index contributed by atoms with van der Waals surface area (Å²) in [5, 5.41) is 4.12. The van der Waals surface area contributed by atoms with Crippen molar-refractivity contribution in [2.75, 3.05) is 6.54 Å². The SMILES string of the molecule is O=c1c2c3c(sc2ncn1CCc1ccc(F)cc1)CNCC3. The number of nitrogens with zero attached hydrogens (tertiary/aromatic N) is 2. The summed E-state index contributed by atoms with van der Waals surface area (Å²) in [5.41, 5.74) is 2.21. The van der Waals surface area contributed by atoms with E-state index in [4.69, 9.17) is 0 Å². The monoisotopic (exact) mass is 329 g/mol. The molecule has 3 aromatic rings. The van der Waals surface area contributed by atoms with Crippen LogP contribution >= 0.6 is 11.3 Å². The molecule has 0 radical (unpaired) electrons. The van der Waals surface area contributed by atoms with E-state index in [1.165, 1.54) is 17.0 Å². The lowest BCUT2D eigenvalue weighted by Crippen LogP contribution is -2.25. The molecule has 0 amide bonds. The van der Waals surface area contributed by atoms with Gasteiger partial charge >= 0.3 is 0 Å². The van der Waals surface area contributed by atoms with Crippen LogP contribution < -0.4 is 10.9 Å². The van der Waals surface area contributed by atoms with E-state index in [0.29, 0.717) is 13.0 Å². The fourth-order valence-corrected chi connectivity index (χ4v) is 4.16. The van der Waals surface area contributed by atoms with Crippen molar-refractivity contribution in [1.82, 2.24) is 14.9 Å². The second kappa shape index (κ2) is 5.86. The number of aromatic nitrogens is 2. The van der Waals surface area contributed by atoms with Gasteiger partial charge in [0.2, 0.25) is 0 Å². The first kappa shape index (κ1) is 14.5. The molecule has 0 aliphatic carbocycles. The molecule has 23 heavy (non-hydrogen) atoms. The summed E-state index contributed by atoms with van der Waals surface area (Å²) < 4.78 is 14.6. The Kier molecular flexibility index (Phi) is 3.71. The van der Waals surface area contributed by atoms with Crippen molar-refractivity contribution in [1.29, 1.82) is 0 Å². The number of fused-ring (bicyclic) bond motifs is 3. The number of hydrogen-bond acceptors (Lipinski definition) is 4. The highest BCUT2D eigenvalue weighted by Gasteiger charge is 2.19. The molecule has 1 N–H and O–H groups in total. The zero-order valence-corrected chi connectivity index (χ0v) is 13.3. The Morgan fingerprint density at radius 1 is 1.30 bits per heavy atom. The van der Waals surface area contributed by atoms with E-state index in [-0.39, 0.29) is 11.4 Å². The van der Waals surface area contributed by atoms with E-state index in [9.17, 15) is 9.18 Å². The van der Waals surface area contributed by atoms with E-state index in [1.807, 2.05) is 0 Å². The van der Waals surface area contributed by atoms with Gasteiger partial charge in [-0.25, -0.2) is 9.37 Å². The van der Waals surface area contributed by atoms with Gasteiger partial charge < -0.3 is 5.32 Å². The third-order valence-electron chi connectivity index (χ3n) is 4.25. The first-order valence-corrected chi connectivity index (χ1v) is 8.49. The number of aryl methyl sites for hydroxylation is 2. The van der Waals surface area contributed by atoms with Crippen LogP contribution in [0.5, 0.6) is 0 Å². The van der Waals surface area contributed by atoms with E-state index in [0.717, 1.165) is 40.9 Å². The molecule has 0 saturated heterocycles. The third-order valence-corrected chi connectivity index (χ3v) is 5.39. The summed E-state index contributed by atoms with van der Waals surface area (Å²) in [5.74, 6) is -0.243. The number of thiophene rings is 1. The maximum atomic E-state index is 12.9. The maximum absolute atomic E-state index is 12.9. The summed E-state index contributed by atoms with van der Waals surface area (Å²) in [6, 6.07) is 6.40. The van der Waals surface area contributed by atoms with Crippen molar-refractivity contribution >= 4 is 21.6 Å². The van der Waals surface area contributed by atoms with Crippen molar-refractivity contribution in [3.05, 3.63) is 62.8 Å². The molecule has 2 aromatic heterocycles.